The number of nitrogens with zero attached hydrogens (tertiary/aromatic N) is 2. The van der Waals surface area contributed by atoms with E-state index in [0.717, 1.165) is 25.1 Å². The van der Waals surface area contributed by atoms with Gasteiger partial charge in [0.05, 0.1) is 0 Å². The van der Waals surface area contributed by atoms with E-state index in [0.29, 0.717) is 12.4 Å². The summed E-state index contributed by atoms with van der Waals surface area (Å²) in [6.07, 6.45) is 2.66. The maximum Gasteiger partial charge on any atom is 0.323 e. The van der Waals surface area contributed by atoms with Crippen molar-refractivity contribution < 1.29 is 4.79 Å². The third-order valence-electron chi connectivity index (χ3n) is 2.40. The van der Waals surface area contributed by atoms with Gasteiger partial charge in [-0.15, -0.1) is 0 Å². The molecule has 5 heteroatoms. The van der Waals surface area contributed by atoms with Gasteiger partial charge in [0.15, 0.2) is 0 Å². The van der Waals surface area contributed by atoms with Crippen LogP contribution >= 0.6 is 0 Å². The number of anilines is 1. The fraction of sp³-hybridized carbons (Fsp3) is 0.400. The van der Waals surface area contributed by atoms with Crippen molar-refractivity contribution in [1.82, 2.24) is 10.3 Å². The standard InChI is InChI=1S/C10H14N4O/c11-6-8-2-3-9(13-7-8)14-5-1-4-12-10(14)15/h2-3,7H,1,4-6,11H2,(H,12,15). The summed E-state index contributed by atoms with van der Waals surface area (Å²) in [7, 11) is 0. The molecule has 1 aromatic rings. The summed E-state index contributed by atoms with van der Waals surface area (Å²) in [6, 6.07) is 3.64. The maximum absolute atomic E-state index is 11.5. The highest BCUT2D eigenvalue weighted by molar-refractivity contribution is 5.91. The first kappa shape index (κ1) is 9.92. The molecular formula is C10H14N4O. The van der Waals surface area contributed by atoms with Gasteiger partial charge >= 0.3 is 6.03 Å². The van der Waals surface area contributed by atoms with Gasteiger partial charge < -0.3 is 11.1 Å². The van der Waals surface area contributed by atoms with E-state index in [1.54, 1.807) is 11.1 Å². The highest BCUT2D eigenvalue weighted by Crippen LogP contribution is 2.13. The summed E-state index contributed by atoms with van der Waals surface area (Å²) in [5, 5.41) is 2.78. The van der Waals surface area contributed by atoms with Crippen molar-refractivity contribution in [3.05, 3.63) is 23.9 Å². The van der Waals surface area contributed by atoms with Gasteiger partial charge in [0.25, 0.3) is 0 Å². The molecule has 1 aliphatic heterocycles. The summed E-state index contributed by atoms with van der Waals surface area (Å²) in [4.78, 5) is 17.4. The molecule has 0 spiro atoms. The lowest BCUT2D eigenvalue weighted by molar-refractivity contribution is 0.242. The number of aromatic nitrogens is 1. The predicted molar refractivity (Wildman–Crippen MR) is 57.5 cm³/mol. The number of carbonyl (C=O) groups is 1. The Hall–Kier alpha value is -1.62. The van der Waals surface area contributed by atoms with E-state index in [2.05, 4.69) is 10.3 Å². The Labute approximate surface area is 88.3 Å². The quantitative estimate of drug-likeness (QED) is 0.738. The van der Waals surface area contributed by atoms with Gasteiger partial charge in [0.1, 0.15) is 5.82 Å². The van der Waals surface area contributed by atoms with Crippen molar-refractivity contribution in [1.29, 1.82) is 0 Å². The van der Waals surface area contributed by atoms with E-state index in [9.17, 15) is 4.79 Å². The number of urea groups is 1. The Kier molecular flexibility index (Phi) is 2.82. The first-order valence-electron chi connectivity index (χ1n) is 5.01. The minimum Gasteiger partial charge on any atom is -0.338 e. The Morgan fingerprint density at radius 3 is 3.00 bits per heavy atom. The summed E-state index contributed by atoms with van der Waals surface area (Å²) >= 11 is 0. The Balaban J connectivity index is 2.17. The van der Waals surface area contributed by atoms with Crippen LogP contribution in [0.2, 0.25) is 0 Å². The number of nitrogens with two attached hydrogens (primary N) is 1. The summed E-state index contributed by atoms with van der Waals surface area (Å²) < 4.78 is 0. The van der Waals surface area contributed by atoms with Gasteiger partial charge in [-0.1, -0.05) is 6.07 Å². The molecule has 2 rings (SSSR count). The van der Waals surface area contributed by atoms with Crippen LogP contribution in [0.15, 0.2) is 18.3 Å². The molecule has 80 valence electrons. The Morgan fingerprint density at radius 2 is 2.40 bits per heavy atom. The van der Waals surface area contributed by atoms with E-state index in [-0.39, 0.29) is 6.03 Å². The van der Waals surface area contributed by atoms with Gasteiger partial charge in [0, 0.05) is 25.8 Å². The molecule has 1 fully saturated rings. The largest absolute Gasteiger partial charge is 0.338 e. The second-order valence-corrected chi connectivity index (χ2v) is 3.47. The van der Waals surface area contributed by atoms with Crippen LogP contribution in [0.4, 0.5) is 10.6 Å². The molecule has 3 N–H and O–H groups in total. The van der Waals surface area contributed by atoms with Crippen LogP contribution in [0.3, 0.4) is 0 Å². The molecule has 1 aromatic heterocycles. The van der Waals surface area contributed by atoms with Crippen LogP contribution in [0.5, 0.6) is 0 Å². The summed E-state index contributed by atoms with van der Waals surface area (Å²) in [5.41, 5.74) is 6.44. The average Bonchev–Trinajstić information content (AvgIpc) is 2.30. The highest BCUT2D eigenvalue weighted by Gasteiger charge is 2.19. The zero-order chi connectivity index (χ0) is 10.7. The van der Waals surface area contributed by atoms with E-state index in [1.807, 2.05) is 12.1 Å². The van der Waals surface area contributed by atoms with Crippen LogP contribution in [-0.4, -0.2) is 24.1 Å². The molecule has 0 unspecified atom stereocenters. The fourth-order valence-electron chi connectivity index (χ4n) is 1.55. The lowest BCUT2D eigenvalue weighted by Crippen LogP contribution is -2.46. The fourth-order valence-corrected chi connectivity index (χ4v) is 1.55. The normalized spacial score (nSPS) is 16.3. The van der Waals surface area contributed by atoms with Crippen molar-refractivity contribution in [3.8, 4) is 0 Å². The first-order chi connectivity index (χ1) is 7.31. The average molecular weight is 206 g/mol. The van der Waals surface area contributed by atoms with Crippen LogP contribution in [0.25, 0.3) is 0 Å². The van der Waals surface area contributed by atoms with E-state index in [1.165, 1.54) is 0 Å². The van der Waals surface area contributed by atoms with Crippen LogP contribution in [-0.2, 0) is 6.54 Å². The molecule has 1 aliphatic rings. The molecule has 5 nitrogen and oxygen atoms in total. The van der Waals surface area contributed by atoms with Crippen molar-refractivity contribution in [2.45, 2.75) is 13.0 Å². The van der Waals surface area contributed by atoms with E-state index >= 15 is 0 Å². The zero-order valence-corrected chi connectivity index (χ0v) is 8.44. The Morgan fingerprint density at radius 1 is 1.53 bits per heavy atom. The number of carbonyl (C=O) groups excluding carboxylic acids is 1. The van der Waals surface area contributed by atoms with Crippen LogP contribution in [0, 0.1) is 0 Å². The third-order valence-corrected chi connectivity index (χ3v) is 2.40. The molecule has 0 radical (unpaired) electrons. The minimum absolute atomic E-state index is 0.0748. The van der Waals surface area contributed by atoms with Gasteiger partial charge in [-0.05, 0) is 18.1 Å². The molecule has 0 saturated carbocycles. The molecule has 1 saturated heterocycles. The van der Waals surface area contributed by atoms with Crippen LogP contribution in [0.1, 0.15) is 12.0 Å². The van der Waals surface area contributed by atoms with Crippen molar-refractivity contribution in [2.24, 2.45) is 5.73 Å². The molecule has 2 amide bonds. The van der Waals surface area contributed by atoms with E-state index in [4.69, 9.17) is 5.73 Å². The number of hydrogen-bond donors (Lipinski definition) is 2. The van der Waals surface area contributed by atoms with Crippen LogP contribution < -0.4 is 16.0 Å². The Bertz CT molecular complexity index is 349. The van der Waals surface area contributed by atoms with Gasteiger partial charge in [-0.25, -0.2) is 9.78 Å². The summed E-state index contributed by atoms with van der Waals surface area (Å²) in [5.74, 6) is 0.685. The zero-order valence-electron chi connectivity index (χ0n) is 8.44. The first-order valence-corrected chi connectivity index (χ1v) is 5.01. The number of amides is 2. The predicted octanol–water partition coefficient (Wildman–Crippen LogP) is 0.460. The molecular weight excluding hydrogens is 192 g/mol. The topological polar surface area (TPSA) is 71.2 Å². The molecule has 0 aromatic carbocycles. The lowest BCUT2D eigenvalue weighted by atomic mass is 10.2. The van der Waals surface area contributed by atoms with E-state index < -0.39 is 0 Å². The van der Waals surface area contributed by atoms with Gasteiger partial charge in [-0.3, -0.25) is 4.90 Å². The van der Waals surface area contributed by atoms with Gasteiger partial charge in [-0.2, -0.15) is 0 Å². The monoisotopic (exact) mass is 206 g/mol. The number of rotatable bonds is 2. The molecule has 0 bridgehead atoms. The van der Waals surface area contributed by atoms with Crippen molar-refractivity contribution in [2.75, 3.05) is 18.0 Å². The number of hydrogen-bond acceptors (Lipinski definition) is 3. The summed E-state index contributed by atoms with van der Waals surface area (Å²) in [6.45, 7) is 1.94. The molecule has 0 aliphatic carbocycles. The number of pyridine rings is 1. The highest BCUT2D eigenvalue weighted by atomic mass is 16.2. The maximum atomic E-state index is 11.5. The number of nitrogens with one attached hydrogen (secondary N) is 1. The van der Waals surface area contributed by atoms with Gasteiger partial charge in [0.2, 0.25) is 0 Å². The second kappa shape index (κ2) is 4.27. The molecule has 2 heterocycles. The molecule has 0 atom stereocenters. The smallest absolute Gasteiger partial charge is 0.323 e. The lowest BCUT2D eigenvalue weighted by Gasteiger charge is -2.26. The molecule has 15 heavy (non-hydrogen) atoms. The third kappa shape index (κ3) is 2.07. The van der Waals surface area contributed by atoms with Crippen molar-refractivity contribution >= 4 is 11.8 Å². The SMILES string of the molecule is NCc1ccc(N2CCCNC2=O)nc1. The minimum atomic E-state index is -0.0748. The van der Waals surface area contributed by atoms with Crippen molar-refractivity contribution in [3.63, 3.8) is 0 Å². The second-order valence-electron chi connectivity index (χ2n) is 3.47.